The van der Waals surface area contributed by atoms with E-state index < -0.39 is 34.5 Å². The highest BCUT2D eigenvalue weighted by atomic mass is 19.2. The number of aromatic nitrogens is 6. The largest absolute Gasteiger partial charge is 0.370 e. The molecule has 3 heterocycles. The summed E-state index contributed by atoms with van der Waals surface area (Å²) in [5, 5.41) is 9.05. The van der Waals surface area contributed by atoms with Gasteiger partial charge in [-0.2, -0.15) is 0 Å². The molecule has 41 heavy (non-hydrogen) atoms. The molecule has 0 aliphatic carbocycles. The SMILES string of the molecule is Cc1ccc(NC(=O)c2cc(F)c(F)c(C)c2F)cc1Nc1nccn1-c1cc(NCCCn2ccnc2)ncn1. The molecule has 0 unspecified atom stereocenters. The Morgan fingerprint density at radius 2 is 1.83 bits per heavy atom. The van der Waals surface area contributed by atoms with Crippen molar-refractivity contribution in [3.8, 4) is 5.82 Å². The van der Waals surface area contributed by atoms with Crippen LogP contribution >= 0.6 is 0 Å². The Morgan fingerprint density at radius 1 is 0.976 bits per heavy atom. The molecule has 210 valence electrons. The summed E-state index contributed by atoms with van der Waals surface area (Å²) in [6, 6.07) is 7.33. The Balaban J connectivity index is 1.29. The highest BCUT2D eigenvalue weighted by molar-refractivity contribution is 6.05. The molecule has 0 saturated heterocycles. The molecule has 3 aromatic heterocycles. The number of halogens is 3. The molecule has 0 radical (unpaired) electrons. The Labute approximate surface area is 233 Å². The Morgan fingerprint density at radius 3 is 2.63 bits per heavy atom. The molecule has 0 saturated carbocycles. The van der Waals surface area contributed by atoms with E-state index in [0.717, 1.165) is 25.5 Å². The first-order valence-electron chi connectivity index (χ1n) is 12.7. The van der Waals surface area contributed by atoms with Gasteiger partial charge in [-0.05, 0) is 44.0 Å². The summed E-state index contributed by atoms with van der Waals surface area (Å²) in [5.74, 6) is -2.98. The first-order chi connectivity index (χ1) is 19.8. The van der Waals surface area contributed by atoms with Crippen LogP contribution in [-0.4, -0.2) is 41.5 Å². The van der Waals surface area contributed by atoms with Crippen molar-refractivity contribution in [3.05, 3.63) is 102 Å². The number of hydrogen-bond donors (Lipinski definition) is 3. The zero-order valence-electron chi connectivity index (χ0n) is 22.2. The van der Waals surface area contributed by atoms with Crippen LogP contribution in [0.4, 0.5) is 36.3 Å². The van der Waals surface area contributed by atoms with E-state index in [-0.39, 0.29) is 0 Å². The molecule has 0 bridgehead atoms. The van der Waals surface area contributed by atoms with E-state index in [1.165, 1.54) is 6.33 Å². The van der Waals surface area contributed by atoms with Gasteiger partial charge in [0, 0.05) is 60.9 Å². The van der Waals surface area contributed by atoms with Crippen LogP contribution in [0.3, 0.4) is 0 Å². The van der Waals surface area contributed by atoms with Gasteiger partial charge in [0.1, 0.15) is 23.8 Å². The Kier molecular flexibility index (Phi) is 7.94. The normalized spacial score (nSPS) is 11.0. The standard InChI is InChI=1S/C28H26F3N9O/c1-17-4-5-19(37-27(41)20-13-21(29)26(31)18(2)25(20)30)12-22(17)38-28-34-8-11-40(28)24-14-23(35-15-36-24)33-6-3-9-39-10-7-32-16-39/h4-5,7-8,10-16H,3,6,9H2,1-2H3,(H,34,38)(H,37,41)(H,33,35,36). The molecule has 1 amide bonds. The average Bonchev–Trinajstić information content (AvgIpc) is 3.66. The van der Waals surface area contributed by atoms with Crippen molar-refractivity contribution in [3.63, 3.8) is 0 Å². The summed E-state index contributed by atoms with van der Waals surface area (Å²) in [5.41, 5.74) is 0.583. The molecule has 0 fully saturated rings. The molecule has 2 aromatic carbocycles. The lowest BCUT2D eigenvalue weighted by molar-refractivity contribution is 0.102. The highest BCUT2D eigenvalue weighted by Crippen LogP contribution is 2.26. The van der Waals surface area contributed by atoms with Crippen LogP contribution in [0, 0.1) is 31.3 Å². The minimum Gasteiger partial charge on any atom is -0.370 e. The number of imidazole rings is 2. The van der Waals surface area contributed by atoms with E-state index >= 15 is 0 Å². The molecule has 0 atom stereocenters. The predicted octanol–water partition coefficient (Wildman–Crippen LogP) is 5.39. The lowest BCUT2D eigenvalue weighted by Crippen LogP contribution is -2.16. The van der Waals surface area contributed by atoms with Crippen molar-refractivity contribution in [1.29, 1.82) is 0 Å². The van der Waals surface area contributed by atoms with Crippen molar-refractivity contribution in [2.45, 2.75) is 26.8 Å². The number of carbonyl (C=O) groups excluding carboxylic acids is 1. The van der Waals surface area contributed by atoms with Crippen molar-refractivity contribution >= 4 is 29.0 Å². The van der Waals surface area contributed by atoms with Crippen LogP contribution in [0.25, 0.3) is 5.82 Å². The molecular weight excluding hydrogens is 535 g/mol. The number of amides is 1. The number of carbonyl (C=O) groups is 1. The third-order valence-corrected chi connectivity index (χ3v) is 6.36. The van der Waals surface area contributed by atoms with E-state index in [0.29, 0.717) is 41.6 Å². The minimum absolute atomic E-state index is 0.312. The smallest absolute Gasteiger partial charge is 0.258 e. The minimum atomic E-state index is -1.33. The Hall–Kier alpha value is -5.20. The number of aryl methyl sites for hydroxylation is 2. The average molecular weight is 562 g/mol. The van der Waals surface area contributed by atoms with Gasteiger partial charge in [-0.25, -0.2) is 33.1 Å². The number of benzene rings is 2. The van der Waals surface area contributed by atoms with Crippen LogP contribution in [-0.2, 0) is 6.54 Å². The maximum absolute atomic E-state index is 14.5. The van der Waals surface area contributed by atoms with Crippen LogP contribution in [0.2, 0.25) is 0 Å². The third kappa shape index (κ3) is 6.19. The van der Waals surface area contributed by atoms with Gasteiger partial charge in [-0.3, -0.25) is 9.36 Å². The first-order valence-corrected chi connectivity index (χ1v) is 12.7. The van der Waals surface area contributed by atoms with Gasteiger partial charge in [-0.15, -0.1) is 0 Å². The second-order valence-electron chi connectivity index (χ2n) is 9.23. The molecule has 0 aliphatic rings. The van der Waals surface area contributed by atoms with E-state index in [1.54, 1.807) is 53.8 Å². The van der Waals surface area contributed by atoms with Crippen LogP contribution < -0.4 is 16.0 Å². The number of anilines is 4. The van der Waals surface area contributed by atoms with Crippen molar-refractivity contribution in [2.75, 3.05) is 22.5 Å². The van der Waals surface area contributed by atoms with E-state index in [9.17, 15) is 18.0 Å². The van der Waals surface area contributed by atoms with Gasteiger partial charge in [0.2, 0.25) is 5.95 Å². The fourth-order valence-electron chi connectivity index (χ4n) is 4.10. The van der Waals surface area contributed by atoms with Crippen LogP contribution in [0.1, 0.15) is 27.9 Å². The molecule has 13 heteroatoms. The molecular formula is C28H26F3N9O. The summed E-state index contributed by atoms with van der Waals surface area (Å²) in [6.45, 7) is 4.46. The molecule has 0 spiro atoms. The summed E-state index contributed by atoms with van der Waals surface area (Å²) < 4.78 is 45.7. The lowest BCUT2D eigenvalue weighted by atomic mass is 10.1. The molecule has 5 aromatic rings. The molecule has 3 N–H and O–H groups in total. The maximum atomic E-state index is 14.5. The summed E-state index contributed by atoms with van der Waals surface area (Å²) in [6.07, 6.45) is 11.1. The Bertz CT molecular complexity index is 1690. The fourth-order valence-corrected chi connectivity index (χ4v) is 4.10. The quantitative estimate of drug-likeness (QED) is 0.155. The van der Waals surface area contributed by atoms with E-state index in [4.69, 9.17) is 0 Å². The number of hydrogen-bond acceptors (Lipinski definition) is 7. The molecule has 0 aliphatic heterocycles. The second kappa shape index (κ2) is 11.9. The van der Waals surface area contributed by atoms with Crippen molar-refractivity contribution < 1.29 is 18.0 Å². The summed E-state index contributed by atoms with van der Waals surface area (Å²) in [4.78, 5) is 29.8. The van der Waals surface area contributed by atoms with Gasteiger partial charge in [0.25, 0.3) is 5.91 Å². The van der Waals surface area contributed by atoms with Crippen LogP contribution in [0.15, 0.2) is 67.8 Å². The van der Waals surface area contributed by atoms with Gasteiger partial charge < -0.3 is 20.5 Å². The maximum Gasteiger partial charge on any atom is 0.258 e. The van der Waals surface area contributed by atoms with Gasteiger partial charge in [0.05, 0.1) is 11.9 Å². The fraction of sp³-hybridized carbons (Fsp3) is 0.179. The molecule has 5 rings (SSSR count). The zero-order valence-corrected chi connectivity index (χ0v) is 22.2. The predicted molar refractivity (Wildman–Crippen MR) is 148 cm³/mol. The van der Waals surface area contributed by atoms with E-state index in [2.05, 4.69) is 35.9 Å². The highest BCUT2D eigenvalue weighted by Gasteiger charge is 2.21. The van der Waals surface area contributed by atoms with Gasteiger partial charge in [-0.1, -0.05) is 6.07 Å². The number of rotatable bonds is 10. The third-order valence-electron chi connectivity index (χ3n) is 6.36. The monoisotopic (exact) mass is 561 g/mol. The van der Waals surface area contributed by atoms with Crippen molar-refractivity contribution in [1.82, 2.24) is 29.1 Å². The molecule has 10 nitrogen and oxygen atoms in total. The van der Waals surface area contributed by atoms with Crippen LogP contribution in [0.5, 0.6) is 0 Å². The second-order valence-corrected chi connectivity index (χ2v) is 9.23. The lowest BCUT2D eigenvalue weighted by Gasteiger charge is -2.14. The summed E-state index contributed by atoms with van der Waals surface area (Å²) in [7, 11) is 0. The first kappa shape index (κ1) is 27.4. The summed E-state index contributed by atoms with van der Waals surface area (Å²) >= 11 is 0. The van der Waals surface area contributed by atoms with Gasteiger partial charge >= 0.3 is 0 Å². The topological polar surface area (TPSA) is 115 Å². The number of nitrogens with one attached hydrogen (secondary N) is 3. The zero-order chi connectivity index (χ0) is 28.9. The van der Waals surface area contributed by atoms with Crippen molar-refractivity contribution in [2.24, 2.45) is 0 Å². The van der Waals surface area contributed by atoms with Gasteiger partial charge in [0.15, 0.2) is 11.6 Å². The number of nitrogens with zero attached hydrogens (tertiary/aromatic N) is 6. The van der Waals surface area contributed by atoms with E-state index in [1.807, 2.05) is 17.7 Å².